The maximum atomic E-state index is 13.9. The molecule has 0 saturated carbocycles. The second-order valence-electron chi connectivity index (χ2n) is 5.66. The highest BCUT2D eigenvalue weighted by Crippen LogP contribution is 2.25. The summed E-state index contributed by atoms with van der Waals surface area (Å²) in [5.74, 6) is 1.36. The van der Waals surface area contributed by atoms with E-state index in [0.29, 0.717) is 6.54 Å². The average molecular weight is 250 g/mol. The third-order valence-electron chi connectivity index (χ3n) is 4.00. The number of benzene rings is 1. The van der Waals surface area contributed by atoms with E-state index in [1.54, 1.807) is 6.07 Å². The molecular weight excluding hydrogens is 227 g/mol. The van der Waals surface area contributed by atoms with Crippen LogP contribution in [0.15, 0.2) is 18.2 Å². The summed E-state index contributed by atoms with van der Waals surface area (Å²) in [6, 6.07) is 5.36. The molecule has 0 bridgehead atoms. The molecule has 2 N–H and O–H groups in total. The summed E-state index contributed by atoms with van der Waals surface area (Å²) in [7, 11) is 0. The van der Waals surface area contributed by atoms with Gasteiger partial charge in [0.05, 0.1) is 0 Å². The van der Waals surface area contributed by atoms with Crippen LogP contribution in [0.5, 0.6) is 0 Å². The van der Waals surface area contributed by atoms with Crippen LogP contribution in [0, 0.1) is 17.7 Å². The molecule has 1 aromatic carbocycles. The Kier molecular flexibility index (Phi) is 4.36. The Labute approximate surface area is 109 Å². The summed E-state index contributed by atoms with van der Waals surface area (Å²) < 4.78 is 13.9. The van der Waals surface area contributed by atoms with Gasteiger partial charge in [-0.3, -0.25) is 4.90 Å². The number of hydrogen-bond acceptors (Lipinski definition) is 2. The summed E-state index contributed by atoms with van der Waals surface area (Å²) in [4.78, 5) is 2.35. The minimum absolute atomic E-state index is 0.119. The Bertz CT molecular complexity index is 403. The first-order valence-corrected chi connectivity index (χ1v) is 6.80. The van der Waals surface area contributed by atoms with E-state index in [4.69, 9.17) is 5.73 Å². The van der Waals surface area contributed by atoms with Crippen LogP contribution >= 0.6 is 0 Å². The van der Waals surface area contributed by atoms with Crippen LogP contribution in [-0.4, -0.2) is 18.0 Å². The van der Waals surface area contributed by atoms with Crippen molar-refractivity contribution in [2.75, 3.05) is 13.1 Å². The molecule has 2 nitrogen and oxygen atoms in total. The number of likely N-dealkylation sites (tertiary alicyclic amines) is 1. The smallest absolute Gasteiger partial charge is 0.128 e. The van der Waals surface area contributed by atoms with Crippen LogP contribution in [-0.2, 0) is 13.1 Å². The summed E-state index contributed by atoms with van der Waals surface area (Å²) in [5.41, 5.74) is 7.15. The molecular formula is C15H23FN2. The van der Waals surface area contributed by atoms with E-state index in [9.17, 15) is 4.39 Å². The Morgan fingerprint density at radius 3 is 2.78 bits per heavy atom. The van der Waals surface area contributed by atoms with Crippen molar-refractivity contribution in [1.29, 1.82) is 0 Å². The highest BCUT2D eigenvalue weighted by atomic mass is 19.1. The van der Waals surface area contributed by atoms with E-state index in [2.05, 4.69) is 18.7 Å². The largest absolute Gasteiger partial charge is 0.326 e. The van der Waals surface area contributed by atoms with Gasteiger partial charge in [-0.2, -0.15) is 0 Å². The third kappa shape index (κ3) is 3.09. The van der Waals surface area contributed by atoms with Gasteiger partial charge in [-0.25, -0.2) is 4.39 Å². The lowest BCUT2D eigenvalue weighted by atomic mass is 9.95. The van der Waals surface area contributed by atoms with E-state index in [-0.39, 0.29) is 5.82 Å². The first kappa shape index (κ1) is 13.5. The zero-order chi connectivity index (χ0) is 13.1. The predicted octanol–water partition coefficient (Wildman–Crippen LogP) is 2.76. The summed E-state index contributed by atoms with van der Waals surface area (Å²) >= 11 is 0. The third-order valence-corrected chi connectivity index (χ3v) is 4.00. The van der Waals surface area contributed by atoms with Gasteiger partial charge >= 0.3 is 0 Å². The molecule has 1 aliphatic rings. The molecule has 0 radical (unpaired) electrons. The molecule has 18 heavy (non-hydrogen) atoms. The van der Waals surface area contributed by atoms with Crippen LogP contribution in [0.3, 0.4) is 0 Å². The van der Waals surface area contributed by atoms with Crippen LogP contribution < -0.4 is 5.73 Å². The predicted molar refractivity (Wildman–Crippen MR) is 72.5 cm³/mol. The van der Waals surface area contributed by atoms with Crippen molar-refractivity contribution in [2.45, 2.75) is 33.4 Å². The summed E-state index contributed by atoms with van der Waals surface area (Å²) in [6.45, 7) is 7.84. The topological polar surface area (TPSA) is 29.3 Å². The van der Waals surface area contributed by atoms with Crippen molar-refractivity contribution in [3.63, 3.8) is 0 Å². The zero-order valence-corrected chi connectivity index (χ0v) is 11.3. The molecule has 2 rings (SSSR count). The molecule has 0 amide bonds. The van der Waals surface area contributed by atoms with E-state index in [1.165, 1.54) is 6.42 Å². The van der Waals surface area contributed by atoms with Gasteiger partial charge in [0.15, 0.2) is 0 Å². The number of nitrogens with zero attached hydrogens (tertiary/aromatic N) is 1. The van der Waals surface area contributed by atoms with Gasteiger partial charge < -0.3 is 5.73 Å². The lowest BCUT2D eigenvalue weighted by Gasteiger charge is -2.18. The molecule has 0 aliphatic carbocycles. The van der Waals surface area contributed by atoms with Gasteiger partial charge in [-0.1, -0.05) is 26.0 Å². The van der Waals surface area contributed by atoms with E-state index in [0.717, 1.165) is 42.6 Å². The lowest BCUT2D eigenvalue weighted by Crippen LogP contribution is -2.22. The zero-order valence-electron chi connectivity index (χ0n) is 11.3. The van der Waals surface area contributed by atoms with E-state index < -0.39 is 0 Å². The molecule has 0 aromatic heterocycles. The minimum atomic E-state index is -0.119. The fraction of sp³-hybridized carbons (Fsp3) is 0.600. The van der Waals surface area contributed by atoms with Crippen LogP contribution in [0.4, 0.5) is 4.39 Å². The van der Waals surface area contributed by atoms with Gasteiger partial charge in [0.25, 0.3) is 0 Å². The van der Waals surface area contributed by atoms with Crippen molar-refractivity contribution in [3.8, 4) is 0 Å². The molecule has 1 unspecified atom stereocenters. The van der Waals surface area contributed by atoms with Gasteiger partial charge in [-0.05, 0) is 36.4 Å². The lowest BCUT2D eigenvalue weighted by molar-refractivity contribution is 0.293. The van der Waals surface area contributed by atoms with Crippen LogP contribution in [0.1, 0.15) is 31.4 Å². The monoisotopic (exact) mass is 250 g/mol. The summed E-state index contributed by atoms with van der Waals surface area (Å²) in [6.07, 6.45) is 1.24. The Morgan fingerprint density at radius 2 is 2.22 bits per heavy atom. The fourth-order valence-corrected chi connectivity index (χ4v) is 2.64. The molecule has 100 valence electrons. The van der Waals surface area contributed by atoms with Crippen molar-refractivity contribution in [1.82, 2.24) is 4.90 Å². The van der Waals surface area contributed by atoms with Crippen molar-refractivity contribution >= 4 is 0 Å². The van der Waals surface area contributed by atoms with Gasteiger partial charge in [0.2, 0.25) is 0 Å². The molecule has 1 aliphatic heterocycles. The second kappa shape index (κ2) is 5.81. The first-order chi connectivity index (χ1) is 8.60. The van der Waals surface area contributed by atoms with Crippen molar-refractivity contribution < 1.29 is 4.39 Å². The fourth-order valence-electron chi connectivity index (χ4n) is 2.64. The summed E-state index contributed by atoms with van der Waals surface area (Å²) in [5, 5.41) is 0. The van der Waals surface area contributed by atoms with E-state index in [1.807, 2.05) is 12.1 Å². The average Bonchev–Trinajstić information content (AvgIpc) is 2.80. The van der Waals surface area contributed by atoms with Crippen molar-refractivity contribution in [2.24, 2.45) is 17.6 Å². The molecule has 1 heterocycles. The molecule has 0 spiro atoms. The normalized spacial score (nSPS) is 20.8. The first-order valence-electron chi connectivity index (χ1n) is 6.80. The number of nitrogens with two attached hydrogens (primary N) is 1. The van der Waals surface area contributed by atoms with Gasteiger partial charge in [0, 0.05) is 25.2 Å². The Balaban J connectivity index is 1.98. The SMILES string of the molecule is CC(C)C1CCN(Cc2ccc(CN)cc2F)C1. The maximum absolute atomic E-state index is 13.9. The molecule has 1 saturated heterocycles. The van der Waals surface area contributed by atoms with Gasteiger partial charge in [-0.15, -0.1) is 0 Å². The van der Waals surface area contributed by atoms with Gasteiger partial charge in [0.1, 0.15) is 5.82 Å². The highest BCUT2D eigenvalue weighted by Gasteiger charge is 2.25. The quantitative estimate of drug-likeness (QED) is 0.890. The maximum Gasteiger partial charge on any atom is 0.128 e. The number of halogens is 1. The second-order valence-corrected chi connectivity index (χ2v) is 5.66. The number of rotatable bonds is 4. The van der Waals surface area contributed by atoms with Crippen LogP contribution in [0.25, 0.3) is 0 Å². The van der Waals surface area contributed by atoms with Crippen LogP contribution in [0.2, 0.25) is 0 Å². The Morgan fingerprint density at radius 1 is 1.44 bits per heavy atom. The number of hydrogen-bond donors (Lipinski definition) is 1. The highest BCUT2D eigenvalue weighted by molar-refractivity contribution is 5.24. The Hall–Kier alpha value is -0.930. The molecule has 1 fully saturated rings. The molecule has 3 heteroatoms. The molecule has 1 atom stereocenters. The van der Waals surface area contributed by atoms with E-state index >= 15 is 0 Å². The minimum Gasteiger partial charge on any atom is -0.326 e. The van der Waals surface area contributed by atoms with Crippen molar-refractivity contribution in [3.05, 3.63) is 35.1 Å². The standard InChI is InChI=1S/C15H23FN2/c1-11(2)13-5-6-18(9-13)10-14-4-3-12(8-17)7-15(14)16/h3-4,7,11,13H,5-6,8-10,17H2,1-2H3. The molecule has 1 aromatic rings.